The minimum atomic E-state index is -0.426. The van der Waals surface area contributed by atoms with Gasteiger partial charge in [-0.15, -0.1) is 0 Å². The summed E-state index contributed by atoms with van der Waals surface area (Å²) in [6, 6.07) is 9.61. The van der Waals surface area contributed by atoms with E-state index in [-0.39, 0.29) is 22.6 Å². The van der Waals surface area contributed by atoms with Crippen LogP contribution in [0.3, 0.4) is 0 Å². The normalized spacial score (nSPS) is 12.3. The van der Waals surface area contributed by atoms with Gasteiger partial charge in [-0.05, 0) is 42.8 Å². The van der Waals surface area contributed by atoms with Crippen LogP contribution in [-0.4, -0.2) is 10.9 Å². The van der Waals surface area contributed by atoms with Crippen LogP contribution in [0.5, 0.6) is 0 Å². The summed E-state index contributed by atoms with van der Waals surface area (Å²) in [7, 11) is 0. The molecule has 0 saturated carbocycles. The van der Waals surface area contributed by atoms with E-state index < -0.39 is 11.7 Å². The van der Waals surface area contributed by atoms with Gasteiger partial charge in [0.1, 0.15) is 17.3 Å². The summed E-state index contributed by atoms with van der Waals surface area (Å²) in [5.41, 5.74) is 1.51. The Bertz CT molecular complexity index is 874. The average Bonchev–Trinajstić information content (AvgIpc) is 2.85. The summed E-state index contributed by atoms with van der Waals surface area (Å²) >= 11 is 6.17. The Balaban J connectivity index is 1.85. The lowest BCUT2D eigenvalue weighted by atomic mass is 10.1. The number of carbonyl (C=O) groups is 1. The Labute approximate surface area is 136 Å². The number of nitrogens with one attached hydrogen (secondary N) is 2. The highest BCUT2D eigenvalue weighted by atomic mass is 35.5. The molecule has 23 heavy (non-hydrogen) atoms. The summed E-state index contributed by atoms with van der Waals surface area (Å²) in [5.74, 6) is -1.18. The lowest BCUT2D eigenvalue weighted by molar-refractivity contribution is 0.0936. The first-order valence-corrected chi connectivity index (χ1v) is 7.36. The molecule has 0 aliphatic carbocycles. The molecule has 118 valence electrons. The maximum atomic E-state index is 13.3. The molecule has 2 N–H and O–H groups in total. The van der Waals surface area contributed by atoms with Crippen molar-refractivity contribution in [2.24, 2.45) is 0 Å². The predicted molar refractivity (Wildman–Crippen MR) is 85.5 cm³/mol. The number of hydrogen-bond acceptors (Lipinski definition) is 1. The Morgan fingerprint density at radius 3 is 2.48 bits per heavy atom. The van der Waals surface area contributed by atoms with E-state index in [2.05, 4.69) is 10.3 Å². The largest absolute Gasteiger partial charge is 0.349 e. The first kappa shape index (κ1) is 15.5. The van der Waals surface area contributed by atoms with Crippen molar-refractivity contribution in [1.29, 1.82) is 0 Å². The molecule has 1 amide bonds. The second kappa shape index (κ2) is 6.01. The van der Waals surface area contributed by atoms with Gasteiger partial charge < -0.3 is 10.3 Å². The first-order valence-electron chi connectivity index (χ1n) is 6.99. The third kappa shape index (κ3) is 3.05. The second-order valence-corrected chi connectivity index (χ2v) is 5.63. The van der Waals surface area contributed by atoms with E-state index in [0.29, 0.717) is 10.9 Å². The molecule has 0 unspecified atom stereocenters. The summed E-state index contributed by atoms with van der Waals surface area (Å²) in [4.78, 5) is 15.3. The van der Waals surface area contributed by atoms with Crippen LogP contribution in [0.1, 0.15) is 29.0 Å². The standard InChI is InChI=1S/C17H13ClF2N2O/c1-9(10-2-4-11(19)5-3-10)21-17(23)16-15(18)13-8-12(20)6-7-14(13)22-16/h2-9,22H,1H3,(H,21,23)/t9-/m1/s1. The lowest BCUT2D eigenvalue weighted by Gasteiger charge is -2.14. The fourth-order valence-electron chi connectivity index (χ4n) is 2.39. The van der Waals surface area contributed by atoms with E-state index in [1.807, 2.05) is 0 Å². The van der Waals surface area contributed by atoms with Crippen LogP contribution in [0.2, 0.25) is 5.02 Å². The zero-order valence-electron chi connectivity index (χ0n) is 12.2. The van der Waals surface area contributed by atoms with Crippen molar-refractivity contribution in [2.45, 2.75) is 13.0 Å². The molecule has 3 rings (SSSR count). The molecule has 0 bridgehead atoms. The Morgan fingerprint density at radius 1 is 1.13 bits per heavy atom. The highest BCUT2D eigenvalue weighted by Gasteiger charge is 2.19. The summed E-state index contributed by atoms with van der Waals surface area (Å²) < 4.78 is 26.2. The third-order valence-corrected chi connectivity index (χ3v) is 4.03. The molecular formula is C17H13ClF2N2O. The molecule has 0 aliphatic rings. The van der Waals surface area contributed by atoms with E-state index in [4.69, 9.17) is 11.6 Å². The van der Waals surface area contributed by atoms with Crippen LogP contribution >= 0.6 is 11.6 Å². The number of aromatic amines is 1. The molecule has 3 nitrogen and oxygen atoms in total. The van der Waals surface area contributed by atoms with Crippen molar-refractivity contribution < 1.29 is 13.6 Å². The van der Waals surface area contributed by atoms with Crippen LogP contribution < -0.4 is 5.32 Å². The lowest BCUT2D eigenvalue weighted by Crippen LogP contribution is -2.27. The molecule has 1 heterocycles. The van der Waals surface area contributed by atoms with Gasteiger partial charge in [0.25, 0.3) is 5.91 Å². The molecular weight excluding hydrogens is 322 g/mol. The molecule has 1 aromatic heterocycles. The van der Waals surface area contributed by atoms with Crippen molar-refractivity contribution in [3.8, 4) is 0 Å². The van der Waals surface area contributed by atoms with E-state index in [9.17, 15) is 13.6 Å². The zero-order valence-corrected chi connectivity index (χ0v) is 12.9. The van der Waals surface area contributed by atoms with Gasteiger partial charge in [0, 0.05) is 10.9 Å². The molecule has 0 fully saturated rings. The van der Waals surface area contributed by atoms with Crippen molar-refractivity contribution in [3.05, 3.63) is 70.4 Å². The molecule has 0 aliphatic heterocycles. The van der Waals surface area contributed by atoms with Crippen LogP contribution in [0.15, 0.2) is 42.5 Å². The minimum Gasteiger partial charge on any atom is -0.349 e. The third-order valence-electron chi connectivity index (χ3n) is 3.64. The van der Waals surface area contributed by atoms with Crippen LogP contribution in [0.25, 0.3) is 10.9 Å². The minimum absolute atomic E-state index is 0.168. The van der Waals surface area contributed by atoms with Gasteiger partial charge in [0.2, 0.25) is 0 Å². The number of halogens is 3. The quantitative estimate of drug-likeness (QED) is 0.723. The summed E-state index contributed by atoms with van der Waals surface area (Å²) in [6.45, 7) is 1.78. The van der Waals surface area contributed by atoms with Gasteiger partial charge in [-0.2, -0.15) is 0 Å². The Morgan fingerprint density at radius 2 is 1.78 bits per heavy atom. The van der Waals surface area contributed by atoms with Crippen LogP contribution in [0.4, 0.5) is 8.78 Å². The van der Waals surface area contributed by atoms with Crippen molar-refractivity contribution >= 4 is 28.4 Å². The average molecular weight is 335 g/mol. The molecule has 3 aromatic rings. The van der Waals surface area contributed by atoms with E-state index in [1.54, 1.807) is 19.1 Å². The highest BCUT2D eigenvalue weighted by Crippen LogP contribution is 2.28. The van der Waals surface area contributed by atoms with Gasteiger partial charge >= 0.3 is 0 Å². The second-order valence-electron chi connectivity index (χ2n) is 5.25. The smallest absolute Gasteiger partial charge is 0.269 e. The number of aromatic nitrogens is 1. The Hall–Kier alpha value is -2.40. The van der Waals surface area contributed by atoms with Gasteiger partial charge in [-0.25, -0.2) is 8.78 Å². The van der Waals surface area contributed by atoms with Gasteiger partial charge in [-0.1, -0.05) is 23.7 Å². The van der Waals surface area contributed by atoms with Crippen molar-refractivity contribution in [1.82, 2.24) is 10.3 Å². The zero-order chi connectivity index (χ0) is 16.6. The molecule has 1 atom stereocenters. The van der Waals surface area contributed by atoms with E-state index in [0.717, 1.165) is 5.56 Å². The number of carbonyl (C=O) groups excluding carboxylic acids is 1. The summed E-state index contributed by atoms with van der Waals surface area (Å²) in [5, 5.41) is 3.40. The van der Waals surface area contributed by atoms with Gasteiger partial charge in [0.15, 0.2) is 0 Å². The number of fused-ring (bicyclic) bond motifs is 1. The first-order chi connectivity index (χ1) is 11.0. The number of benzene rings is 2. The maximum absolute atomic E-state index is 13.3. The monoisotopic (exact) mass is 334 g/mol. The number of rotatable bonds is 3. The van der Waals surface area contributed by atoms with E-state index in [1.165, 1.54) is 30.3 Å². The summed E-state index contributed by atoms with van der Waals surface area (Å²) in [6.07, 6.45) is 0. The molecule has 2 aromatic carbocycles. The molecule has 0 saturated heterocycles. The SMILES string of the molecule is C[C@@H](NC(=O)c1[nH]c2ccc(F)cc2c1Cl)c1ccc(F)cc1. The van der Waals surface area contributed by atoms with Crippen molar-refractivity contribution in [2.75, 3.05) is 0 Å². The number of amides is 1. The van der Waals surface area contributed by atoms with Crippen LogP contribution in [-0.2, 0) is 0 Å². The highest BCUT2D eigenvalue weighted by molar-refractivity contribution is 6.38. The van der Waals surface area contributed by atoms with Gasteiger partial charge in [0.05, 0.1) is 11.1 Å². The van der Waals surface area contributed by atoms with Crippen molar-refractivity contribution in [3.63, 3.8) is 0 Å². The predicted octanol–water partition coefficient (Wildman–Crippen LogP) is 4.59. The fraction of sp³-hybridized carbons (Fsp3) is 0.118. The maximum Gasteiger partial charge on any atom is 0.269 e. The van der Waals surface area contributed by atoms with E-state index >= 15 is 0 Å². The molecule has 0 spiro atoms. The molecule has 6 heteroatoms. The number of H-pyrrole nitrogens is 1. The fourth-order valence-corrected chi connectivity index (χ4v) is 2.68. The van der Waals surface area contributed by atoms with Crippen LogP contribution in [0, 0.1) is 11.6 Å². The Kier molecular flexibility index (Phi) is 4.05. The molecule has 0 radical (unpaired) electrons. The van der Waals surface area contributed by atoms with Gasteiger partial charge in [-0.3, -0.25) is 4.79 Å². The topological polar surface area (TPSA) is 44.9 Å². The number of hydrogen-bond donors (Lipinski definition) is 2.